The van der Waals surface area contributed by atoms with Crippen molar-refractivity contribution in [2.75, 3.05) is 19.9 Å². The number of likely N-dealkylation sites (tertiary alicyclic amines) is 1. The molecular weight excluding hydrogens is 368 g/mol. The first kappa shape index (κ1) is 17.8. The second-order valence-electron chi connectivity index (χ2n) is 6.54. The van der Waals surface area contributed by atoms with Crippen LogP contribution in [-0.4, -0.2) is 39.1 Å². The molecule has 0 bridgehead atoms. The summed E-state index contributed by atoms with van der Waals surface area (Å²) in [5.41, 5.74) is 1.27. The predicted octanol–water partition coefficient (Wildman–Crippen LogP) is 2.13. The van der Waals surface area contributed by atoms with Crippen molar-refractivity contribution in [2.45, 2.75) is 24.3 Å². The lowest BCUT2D eigenvalue weighted by atomic mass is 10.2. The number of sulfonamides is 1. The molecule has 7 nitrogen and oxygen atoms in total. The van der Waals surface area contributed by atoms with E-state index in [4.69, 9.17) is 9.47 Å². The van der Waals surface area contributed by atoms with E-state index >= 15 is 0 Å². The van der Waals surface area contributed by atoms with Crippen molar-refractivity contribution in [3.8, 4) is 11.5 Å². The van der Waals surface area contributed by atoms with E-state index in [1.54, 1.807) is 35.2 Å². The fourth-order valence-corrected chi connectivity index (χ4v) is 4.21. The number of hydrogen-bond acceptors (Lipinski definition) is 5. The Morgan fingerprint density at radius 3 is 2.44 bits per heavy atom. The zero-order valence-electron chi connectivity index (χ0n) is 14.7. The molecule has 0 saturated carbocycles. The van der Waals surface area contributed by atoms with Crippen molar-refractivity contribution in [3.05, 3.63) is 53.6 Å². The van der Waals surface area contributed by atoms with Crippen molar-refractivity contribution < 1.29 is 22.7 Å². The molecular formula is C19H20N2O5S. The first-order chi connectivity index (χ1) is 13.0. The SMILES string of the molecule is O=C(c1ccc(S(=O)(=O)NCc2ccc3c(c2)OCO3)cc1)N1CCCC1. The Balaban J connectivity index is 1.43. The highest BCUT2D eigenvalue weighted by Crippen LogP contribution is 2.32. The standard InChI is InChI=1S/C19H20N2O5S/c22-19(21-9-1-2-10-21)15-4-6-16(7-5-15)27(23,24)20-12-14-3-8-17-18(11-14)26-13-25-17/h3-8,11,20H,1-2,9-10,12-13H2. The molecule has 1 amide bonds. The molecule has 0 aromatic heterocycles. The second-order valence-corrected chi connectivity index (χ2v) is 8.30. The lowest BCUT2D eigenvalue weighted by molar-refractivity contribution is 0.0792. The van der Waals surface area contributed by atoms with Crippen LogP contribution in [0.1, 0.15) is 28.8 Å². The van der Waals surface area contributed by atoms with Crippen LogP contribution in [0.3, 0.4) is 0 Å². The van der Waals surface area contributed by atoms with Crippen LogP contribution in [0.25, 0.3) is 0 Å². The Bertz CT molecular complexity index is 951. The van der Waals surface area contributed by atoms with Gasteiger partial charge in [-0.3, -0.25) is 4.79 Å². The highest BCUT2D eigenvalue weighted by molar-refractivity contribution is 7.89. The third-order valence-electron chi connectivity index (χ3n) is 4.71. The average Bonchev–Trinajstić information content (AvgIpc) is 3.37. The third kappa shape index (κ3) is 3.77. The number of rotatable bonds is 5. The number of nitrogens with zero attached hydrogens (tertiary/aromatic N) is 1. The quantitative estimate of drug-likeness (QED) is 0.848. The number of carbonyl (C=O) groups excluding carboxylic acids is 1. The molecule has 2 heterocycles. The van der Waals surface area contributed by atoms with Crippen LogP contribution in [0, 0.1) is 0 Å². The van der Waals surface area contributed by atoms with Gasteiger partial charge in [0.1, 0.15) is 0 Å². The van der Waals surface area contributed by atoms with E-state index in [1.165, 1.54) is 12.1 Å². The maximum atomic E-state index is 12.5. The second kappa shape index (κ2) is 7.21. The monoisotopic (exact) mass is 388 g/mol. The summed E-state index contributed by atoms with van der Waals surface area (Å²) in [5.74, 6) is 1.21. The van der Waals surface area contributed by atoms with Crippen LogP contribution in [-0.2, 0) is 16.6 Å². The molecule has 0 atom stereocenters. The molecule has 1 saturated heterocycles. The van der Waals surface area contributed by atoms with Crippen LogP contribution in [0.4, 0.5) is 0 Å². The van der Waals surface area contributed by atoms with Crippen LogP contribution >= 0.6 is 0 Å². The molecule has 4 rings (SSSR count). The van der Waals surface area contributed by atoms with Gasteiger partial charge < -0.3 is 14.4 Å². The van der Waals surface area contributed by atoms with Crippen LogP contribution in [0.15, 0.2) is 47.4 Å². The highest BCUT2D eigenvalue weighted by Gasteiger charge is 2.21. The normalized spacial score (nSPS) is 15.9. The van der Waals surface area contributed by atoms with E-state index in [-0.39, 0.29) is 24.1 Å². The summed E-state index contributed by atoms with van der Waals surface area (Å²) in [6, 6.07) is 11.4. The molecule has 1 N–H and O–H groups in total. The van der Waals surface area contributed by atoms with Gasteiger partial charge in [-0.05, 0) is 54.8 Å². The predicted molar refractivity (Wildman–Crippen MR) is 98.2 cm³/mol. The Kier molecular flexibility index (Phi) is 4.75. The summed E-state index contributed by atoms with van der Waals surface area (Å²) >= 11 is 0. The molecule has 0 unspecified atom stereocenters. The van der Waals surface area contributed by atoms with E-state index in [0.29, 0.717) is 17.1 Å². The van der Waals surface area contributed by atoms with Gasteiger partial charge in [-0.25, -0.2) is 13.1 Å². The van der Waals surface area contributed by atoms with Gasteiger partial charge in [0.25, 0.3) is 5.91 Å². The van der Waals surface area contributed by atoms with E-state index in [9.17, 15) is 13.2 Å². The molecule has 2 aliphatic rings. The first-order valence-corrected chi connectivity index (χ1v) is 10.3. The Labute approximate surface area is 157 Å². The highest BCUT2D eigenvalue weighted by atomic mass is 32.2. The Hall–Kier alpha value is -2.58. The lowest BCUT2D eigenvalue weighted by Crippen LogP contribution is -2.27. The molecule has 1 fully saturated rings. The summed E-state index contributed by atoms with van der Waals surface area (Å²) in [5, 5.41) is 0. The van der Waals surface area contributed by atoms with Gasteiger partial charge in [0.05, 0.1) is 4.90 Å². The van der Waals surface area contributed by atoms with Gasteiger partial charge in [-0.2, -0.15) is 0 Å². The zero-order chi connectivity index (χ0) is 18.9. The summed E-state index contributed by atoms with van der Waals surface area (Å²) < 4.78 is 38.1. The summed E-state index contributed by atoms with van der Waals surface area (Å²) in [7, 11) is -3.68. The fourth-order valence-electron chi connectivity index (χ4n) is 3.19. The molecule has 2 aromatic carbocycles. The van der Waals surface area contributed by atoms with Crippen molar-refractivity contribution in [1.82, 2.24) is 9.62 Å². The van der Waals surface area contributed by atoms with E-state index in [1.807, 2.05) is 0 Å². The summed E-state index contributed by atoms with van der Waals surface area (Å²) in [6.07, 6.45) is 2.03. The smallest absolute Gasteiger partial charge is 0.253 e. The maximum Gasteiger partial charge on any atom is 0.253 e. The van der Waals surface area contributed by atoms with Gasteiger partial charge in [0, 0.05) is 25.2 Å². The topological polar surface area (TPSA) is 84.9 Å². The summed E-state index contributed by atoms with van der Waals surface area (Å²) in [4.78, 5) is 14.3. The summed E-state index contributed by atoms with van der Waals surface area (Å²) in [6.45, 7) is 1.83. The largest absolute Gasteiger partial charge is 0.454 e. The number of benzene rings is 2. The number of carbonyl (C=O) groups is 1. The van der Waals surface area contributed by atoms with Crippen LogP contribution < -0.4 is 14.2 Å². The average molecular weight is 388 g/mol. The number of ether oxygens (including phenoxy) is 2. The van der Waals surface area contributed by atoms with Gasteiger partial charge in [-0.1, -0.05) is 6.07 Å². The lowest BCUT2D eigenvalue weighted by Gasteiger charge is -2.15. The molecule has 8 heteroatoms. The van der Waals surface area contributed by atoms with Crippen molar-refractivity contribution in [1.29, 1.82) is 0 Å². The molecule has 2 aliphatic heterocycles. The van der Waals surface area contributed by atoms with Crippen molar-refractivity contribution in [3.63, 3.8) is 0 Å². The molecule has 0 radical (unpaired) electrons. The molecule has 0 spiro atoms. The van der Waals surface area contributed by atoms with E-state index in [0.717, 1.165) is 31.5 Å². The van der Waals surface area contributed by atoms with Crippen molar-refractivity contribution >= 4 is 15.9 Å². The van der Waals surface area contributed by atoms with Crippen molar-refractivity contribution in [2.24, 2.45) is 0 Å². The number of fused-ring (bicyclic) bond motifs is 1. The first-order valence-electron chi connectivity index (χ1n) is 8.80. The van der Waals surface area contributed by atoms with Gasteiger partial charge in [0.15, 0.2) is 11.5 Å². The Morgan fingerprint density at radius 2 is 1.70 bits per heavy atom. The maximum absolute atomic E-state index is 12.5. The minimum atomic E-state index is -3.68. The number of nitrogens with one attached hydrogen (secondary N) is 1. The minimum absolute atomic E-state index is 0.0511. The van der Waals surface area contributed by atoms with Gasteiger partial charge >= 0.3 is 0 Å². The van der Waals surface area contributed by atoms with Crippen LogP contribution in [0.2, 0.25) is 0 Å². The molecule has 2 aromatic rings. The molecule has 0 aliphatic carbocycles. The van der Waals surface area contributed by atoms with Crippen LogP contribution in [0.5, 0.6) is 11.5 Å². The fraction of sp³-hybridized carbons (Fsp3) is 0.316. The molecule has 142 valence electrons. The number of hydrogen-bond donors (Lipinski definition) is 1. The number of amides is 1. The Morgan fingerprint density at radius 1 is 1.00 bits per heavy atom. The zero-order valence-corrected chi connectivity index (χ0v) is 15.5. The third-order valence-corrected chi connectivity index (χ3v) is 6.13. The van der Waals surface area contributed by atoms with E-state index < -0.39 is 10.0 Å². The van der Waals surface area contributed by atoms with Gasteiger partial charge in [0.2, 0.25) is 16.8 Å². The van der Waals surface area contributed by atoms with E-state index in [2.05, 4.69) is 4.72 Å². The molecule has 27 heavy (non-hydrogen) atoms. The minimum Gasteiger partial charge on any atom is -0.454 e. The van der Waals surface area contributed by atoms with Gasteiger partial charge in [-0.15, -0.1) is 0 Å².